The lowest BCUT2D eigenvalue weighted by Crippen LogP contribution is -1.36. The minimum absolute atomic E-state index is 0. The van der Waals surface area contributed by atoms with Crippen LogP contribution in [0.15, 0.2) is 0 Å². The van der Waals surface area contributed by atoms with E-state index in [-0.39, 0.29) is 8.41 Å². The molecule has 0 spiro atoms. The summed E-state index contributed by atoms with van der Waals surface area (Å²) in [5, 5.41) is 0. The molecule has 0 aliphatic heterocycles. The molecule has 26 valence electrons. The summed E-state index contributed by atoms with van der Waals surface area (Å²) in [6.07, 6.45) is 0. The Morgan fingerprint density at radius 1 is 1.75 bits per heavy atom. The SMILES string of the molecule is B.CCCl. The molecule has 0 atom stereocenters. The van der Waals surface area contributed by atoms with E-state index in [0.29, 0.717) is 0 Å². The van der Waals surface area contributed by atoms with E-state index in [1.54, 1.807) is 0 Å². The standard InChI is InChI=1S/C2H5Cl.BH3/c1-2-3;/h2H2,1H3;1H3. The van der Waals surface area contributed by atoms with Crippen molar-refractivity contribution in [2.24, 2.45) is 0 Å². The third kappa shape index (κ3) is 34.3. The molecule has 0 aliphatic rings. The Morgan fingerprint density at radius 3 is 1.75 bits per heavy atom. The predicted molar refractivity (Wildman–Crippen MR) is 26.3 cm³/mol. The van der Waals surface area contributed by atoms with Gasteiger partial charge in [0.05, 0.1) is 8.41 Å². The Balaban J connectivity index is 0. The molecular weight excluding hydrogens is 70.3 g/mol. The molecule has 0 aromatic rings. The van der Waals surface area contributed by atoms with Crippen molar-refractivity contribution in [1.82, 2.24) is 0 Å². The van der Waals surface area contributed by atoms with E-state index in [1.165, 1.54) is 0 Å². The largest absolute Gasteiger partial charge is 0.127 e. The van der Waals surface area contributed by atoms with Gasteiger partial charge in [-0.15, -0.1) is 11.6 Å². The Hall–Kier alpha value is 0.355. The Kier molecular flexibility index (Phi) is 22.4. The number of halogens is 1. The third-order valence-electron chi connectivity index (χ3n) is 0. The second-order valence-electron chi connectivity index (χ2n) is 0.267. The lowest BCUT2D eigenvalue weighted by Gasteiger charge is -1.45. The zero-order chi connectivity index (χ0) is 2.71. The molecule has 0 N–H and O–H groups in total. The minimum atomic E-state index is 0. The van der Waals surface area contributed by atoms with Crippen LogP contribution >= 0.6 is 11.6 Å². The molecule has 0 amide bonds. The van der Waals surface area contributed by atoms with Gasteiger partial charge >= 0.3 is 0 Å². The zero-order valence-electron chi connectivity index (χ0n) is 2.09. The van der Waals surface area contributed by atoms with Gasteiger partial charge in [0.2, 0.25) is 0 Å². The van der Waals surface area contributed by atoms with Gasteiger partial charge in [-0.1, -0.05) is 6.92 Å². The highest BCUT2D eigenvalue weighted by atomic mass is 35.5. The molecule has 0 fully saturated rings. The Morgan fingerprint density at radius 2 is 1.75 bits per heavy atom. The van der Waals surface area contributed by atoms with Gasteiger partial charge in [0.15, 0.2) is 0 Å². The van der Waals surface area contributed by atoms with Crippen molar-refractivity contribution in [1.29, 1.82) is 0 Å². The van der Waals surface area contributed by atoms with Gasteiger partial charge in [0, 0.05) is 5.88 Å². The summed E-state index contributed by atoms with van der Waals surface area (Å²) in [6.45, 7) is 1.89. The van der Waals surface area contributed by atoms with E-state index in [1.807, 2.05) is 6.92 Å². The van der Waals surface area contributed by atoms with E-state index < -0.39 is 0 Å². The van der Waals surface area contributed by atoms with Crippen LogP contribution in [0.4, 0.5) is 0 Å². The molecule has 0 bridgehead atoms. The van der Waals surface area contributed by atoms with Gasteiger partial charge in [-0.05, 0) is 0 Å². The highest BCUT2D eigenvalue weighted by Gasteiger charge is 1.38. The zero-order valence-corrected chi connectivity index (χ0v) is 2.84. The van der Waals surface area contributed by atoms with Crippen molar-refractivity contribution in [3.05, 3.63) is 0 Å². The molecule has 0 aromatic heterocycles. The first kappa shape index (κ1) is 8.84. The van der Waals surface area contributed by atoms with Crippen LogP contribution in [0, 0.1) is 0 Å². The normalized spacial score (nSPS) is 4.50. The first-order valence-electron chi connectivity index (χ1n) is 0.974. The highest BCUT2D eigenvalue weighted by Crippen LogP contribution is 1.59. The van der Waals surface area contributed by atoms with Crippen molar-refractivity contribution >= 4 is 20.0 Å². The molecule has 0 aliphatic carbocycles. The van der Waals surface area contributed by atoms with Crippen molar-refractivity contribution in [3.8, 4) is 0 Å². The van der Waals surface area contributed by atoms with Gasteiger partial charge in [0.25, 0.3) is 0 Å². The quantitative estimate of drug-likeness (QED) is 0.284. The van der Waals surface area contributed by atoms with Crippen molar-refractivity contribution in [3.63, 3.8) is 0 Å². The molecule has 0 rings (SSSR count). The molecule has 0 saturated carbocycles. The molecule has 0 unspecified atom stereocenters. The maximum Gasteiger partial charge on any atom is 0.0814 e. The molecule has 0 radical (unpaired) electrons. The molecule has 0 saturated heterocycles. The molecule has 4 heavy (non-hydrogen) atoms. The maximum absolute atomic E-state index is 5.00. The number of hydrogen-bond donors (Lipinski definition) is 0. The average molecular weight is 78.4 g/mol. The van der Waals surface area contributed by atoms with Crippen LogP contribution in [0.5, 0.6) is 0 Å². The van der Waals surface area contributed by atoms with Crippen LogP contribution in [-0.2, 0) is 0 Å². The van der Waals surface area contributed by atoms with E-state index in [4.69, 9.17) is 11.6 Å². The van der Waals surface area contributed by atoms with Gasteiger partial charge < -0.3 is 0 Å². The smallest absolute Gasteiger partial charge is 0.0814 e. The van der Waals surface area contributed by atoms with Gasteiger partial charge in [-0.3, -0.25) is 0 Å². The monoisotopic (exact) mass is 78.0 g/mol. The molecule has 0 nitrogen and oxygen atoms in total. The topological polar surface area (TPSA) is 0 Å². The summed E-state index contributed by atoms with van der Waals surface area (Å²) in [5.41, 5.74) is 0. The van der Waals surface area contributed by atoms with E-state index in [0.717, 1.165) is 5.88 Å². The Labute approximate surface area is 33.7 Å². The van der Waals surface area contributed by atoms with Gasteiger partial charge in [-0.2, -0.15) is 0 Å². The molecule has 2 heteroatoms. The molecular formula is C2H8BCl. The Bertz CT molecular complexity index is 6.00. The van der Waals surface area contributed by atoms with Crippen LogP contribution in [0.25, 0.3) is 0 Å². The fourth-order valence-corrected chi connectivity index (χ4v) is 0. The maximum atomic E-state index is 5.00. The number of rotatable bonds is 0. The summed E-state index contributed by atoms with van der Waals surface area (Å²) in [4.78, 5) is 0. The third-order valence-corrected chi connectivity index (χ3v) is 0. The first-order chi connectivity index (χ1) is 1.41. The van der Waals surface area contributed by atoms with Crippen molar-refractivity contribution < 1.29 is 0 Å². The predicted octanol–water partition coefficient (Wildman–Crippen LogP) is 0.0612. The summed E-state index contributed by atoms with van der Waals surface area (Å²) < 4.78 is 0. The molecule has 0 heterocycles. The van der Waals surface area contributed by atoms with Gasteiger partial charge in [0.1, 0.15) is 0 Å². The minimum Gasteiger partial charge on any atom is -0.127 e. The van der Waals surface area contributed by atoms with E-state index in [2.05, 4.69) is 0 Å². The highest BCUT2D eigenvalue weighted by molar-refractivity contribution is 6.17. The van der Waals surface area contributed by atoms with Crippen LogP contribution in [0.1, 0.15) is 6.92 Å². The number of alkyl halides is 1. The molecule has 0 aromatic carbocycles. The van der Waals surface area contributed by atoms with Crippen LogP contribution in [0.3, 0.4) is 0 Å². The van der Waals surface area contributed by atoms with E-state index >= 15 is 0 Å². The van der Waals surface area contributed by atoms with Crippen molar-refractivity contribution in [2.75, 3.05) is 5.88 Å². The summed E-state index contributed by atoms with van der Waals surface area (Å²) in [7, 11) is 0. The van der Waals surface area contributed by atoms with Crippen LogP contribution < -0.4 is 0 Å². The van der Waals surface area contributed by atoms with Crippen molar-refractivity contribution in [2.45, 2.75) is 6.92 Å². The fraction of sp³-hybridized carbons (Fsp3) is 1.00. The van der Waals surface area contributed by atoms with Gasteiger partial charge in [-0.25, -0.2) is 0 Å². The second kappa shape index (κ2) is 10.1. The average Bonchev–Trinajstić information content (AvgIpc) is 0.918. The summed E-state index contributed by atoms with van der Waals surface area (Å²) in [6, 6.07) is 0. The van der Waals surface area contributed by atoms with Crippen LogP contribution in [0.2, 0.25) is 0 Å². The fourth-order valence-electron chi connectivity index (χ4n) is 0. The van der Waals surface area contributed by atoms with E-state index in [9.17, 15) is 0 Å². The number of hydrogen-bond acceptors (Lipinski definition) is 0. The van der Waals surface area contributed by atoms with Crippen LogP contribution in [-0.4, -0.2) is 14.3 Å². The second-order valence-corrected chi connectivity index (χ2v) is 0.802. The summed E-state index contributed by atoms with van der Waals surface area (Å²) in [5.74, 6) is 0.722. The lowest BCUT2D eigenvalue weighted by atomic mass is 10.8. The summed E-state index contributed by atoms with van der Waals surface area (Å²) >= 11 is 5.00. The lowest BCUT2D eigenvalue weighted by molar-refractivity contribution is 1.51. The first-order valence-corrected chi connectivity index (χ1v) is 1.51.